The lowest BCUT2D eigenvalue weighted by molar-refractivity contribution is -0.0850. The van der Waals surface area contributed by atoms with Gasteiger partial charge in [0, 0.05) is 32.7 Å². The lowest BCUT2D eigenvalue weighted by Gasteiger charge is -2.37. The first-order chi connectivity index (χ1) is 7.24. The van der Waals surface area contributed by atoms with Crippen LogP contribution in [0.3, 0.4) is 0 Å². The van der Waals surface area contributed by atoms with Crippen LogP contribution >= 0.6 is 0 Å². The fraction of sp³-hybridized carbons (Fsp3) is 1.00. The predicted molar refractivity (Wildman–Crippen MR) is 59.1 cm³/mol. The van der Waals surface area contributed by atoms with Crippen molar-refractivity contribution in [3.05, 3.63) is 0 Å². The van der Waals surface area contributed by atoms with Gasteiger partial charge in [-0.15, -0.1) is 0 Å². The third-order valence-corrected chi connectivity index (χ3v) is 2.96. The van der Waals surface area contributed by atoms with Crippen LogP contribution in [0, 0.1) is 0 Å². The maximum atomic E-state index is 5.71. The monoisotopic (exact) mass is 214 g/mol. The van der Waals surface area contributed by atoms with Crippen LogP contribution in [-0.4, -0.2) is 62.5 Å². The molecule has 2 aliphatic heterocycles. The van der Waals surface area contributed by atoms with Crippen LogP contribution in [-0.2, 0) is 9.47 Å². The van der Waals surface area contributed by atoms with Gasteiger partial charge in [-0.25, -0.2) is 0 Å². The molecule has 15 heavy (non-hydrogen) atoms. The molecule has 0 spiro atoms. The van der Waals surface area contributed by atoms with Crippen LogP contribution in [0.2, 0.25) is 0 Å². The molecule has 3 unspecified atom stereocenters. The molecule has 2 fully saturated rings. The van der Waals surface area contributed by atoms with E-state index in [2.05, 4.69) is 24.1 Å². The van der Waals surface area contributed by atoms with E-state index >= 15 is 0 Å². The highest BCUT2D eigenvalue weighted by molar-refractivity contribution is 4.78. The Bertz CT molecular complexity index is 185. The molecule has 2 heterocycles. The molecule has 0 amide bonds. The van der Waals surface area contributed by atoms with E-state index in [1.165, 1.54) is 0 Å². The van der Waals surface area contributed by atoms with Crippen molar-refractivity contribution in [3.63, 3.8) is 0 Å². The minimum atomic E-state index is 0.352. The van der Waals surface area contributed by atoms with E-state index in [0.29, 0.717) is 18.3 Å². The van der Waals surface area contributed by atoms with Gasteiger partial charge in [-0.1, -0.05) is 0 Å². The molecular formula is C11H22N2O2. The summed E-state index contributed by atoms with van der Waals surface area (Å²) in [5.74, 6) is 0. The van der Waals surface area contributed by atoms with Gasteiger partial charge in [-0.05, 0) is 13.8 Å². The molecule has 0 aromatic carbocycles. The number of nitrogens with zero attached hydrogens (tertiary/aromatic N) is 1. The molecule has 2 saturated heterocycles. The Kier molecular flexibility index (Phi) is 3.97. The first-order valence-electron chi connectivity index (χ1n) is 5.94. The standard InChI is InChI=1S/C11H22N2O2/c1-9-6-13(7-10(2)15-9)8-11-5-12-3-4-14-11/h9-12H,3-8H2,1-2H3. The van der Waals surface area contributed by atoms with Crippen LogP contribution in [0.1, 0.15) is 13.8 Å². The summed E-state index contributed by atoms with van der Waals surface area (Å²) in [6.07, 6.45) is 1.06. The second-order valence-corrected chi connectivity index (χ2v) is 4.67. The van der Waals surface area contributed by atoms with Gasteiger partial charge in [-0.3, -0.25) is 4.90 Å². The Balaban J connectivity index is 1.77. The summed E-state index contributed by atoms with van der Waals surface area (Å²) in [7, 11) is 0. The van der Waals surface area contributed by atoms with Gasteiger partial charge in [0.15, 0.2) is 0 Å². The Morgan fingerprint density at radius 1 is 1.27 bits per heavy atom. The van der Waals surface area contributed by atoms with Gasteiger partial charge >= 0.3 is 0 Å². The summed E-state index contributed by atoms with van der Waals surface area (Å²) < 4.78 is 11.4. The van der Waals surface area contributed by atoms with Crippen molar-refractivity contribution in [3.8, 4) is 0 Å². The van der Waals surface area contributed by atoms with Crippen molar-refractivity contribution in [2.45, 2.75) is 32.2 Å². The van der Waals surface area contributed by atoms with Gasteiger partial charge in [-0.2, -0.15) is 0 Å². The molecule has 4 heteroatoms. The molecule has 0 bridgehead atoms. The van der Waals surface area contributed by atoms with Crippen LogP contribution in [0.4, 0.5) is 0 Å². The quantitative estimate of drug-likeness (QED) is 0.706. The van der Waals surface area contributed by atoms with Crippen molar-refractivity contribution in [2.75, 3.05) is 39.3 Å². The molecule has 1 N–H and O–H groups in total. The van der Waals surface area contributed by atoms with Gasteiger partial charge in [0.05, 0.1) is 24.9 Å². The molecule has 0 aromatic heterocycles. The van der Waals surface area contributed by atoms with Crippen molar-refractivity contribution in [1.82, 2.24) is 10.2 Å². The third kappa shape index (κ3) is 3.41. The molecule has 0 aliphatic carbocycles. The zero-order valence-electron chi connectivity index (χ0n) is 9.74. The van der Waals surface area contributed by atoms with Crippen LogP contribution in [0.5, 0.6) is 0 Å². The normalized spacial score (nSPS) is 39.2. The molecule has 0 saturated carbocycles. The summed E-state index contributed by atoms with van der Waals surface area (Å²) in [4.78, 5) is 2.45. The predicted octanol–water partition coefficient (Wildman–Crippen LogP) is 0.0840. The first-order valence-corrected chi connectivity index (χ1v) is 5.94. The molecule has 2 aliphatic rings. The van der Waals surface area contributed by atoms with Gasteiger partial charge < -0.3 is 14.8 Å². The summed E-state index contributed by atoms with van der Waals surface area (Å²) in [5, 5.41) is 3.36. The van der Waals surface area contributed by atoms with E-state index in [1.807, 2.05) is 0 Å². The topological polar surface area (TPSA) is 33.7 Å². The number of hydrogen-bond acceptors (Lipinski definition) is 4. The highest BCUT2D eigenvalue weighted by Gasteiger charge is 2.25. The minimum absolute atomic E-state index is 0.352. The van der Waals surface area contributed by atoms with Crippen LogP contribution in [0.15, 0.2) is 0 Å². The zero-order valence-corrected chi connectivity index (χ0v) is 9.74. The number of nitrogens with one attached hydrogen (secondary N) is 1. The number of ether oxygens (including phenoxy) is 2. The van der Waals surface area contributed by atoms with Crippen LogP contribution < -0.4 is 5.32 Å². The number of hydrogen-bond donors (Lipinski definition) is 1. The van der Waals surface area contributed by atoms with Crippen molar-refractivity contribution < 1.29 is 9.47 Å². The average molecular weight is 214 g/mol. The fourth-order valence-corrected chi connectivity index (χ4v) is 2.46. The Morgan fingerprint density at radius 3 is 2.60 bits per heavy atom. The van der Waals surface area contributed by atoms with E-state index in [0.717, 1.165) is 39.3 Å². The second kappa shape index (κ2) is 5.25. The van der Waals surface area contributed by atoms with Crippen LogP contribution in [0.25, 0.3) is 0 Å². The van der Waals surface area contributed by atoms with Crippen molar-refractivity contribution in [2.24, 2.45) is 0 Å². The molecule has 0 aromatic rings. The van der Waals surface area contributed by atoms with E-state index in [9.17, 15) is 0 Å². The summed E-state index contributed by atoms with van der Waals surface area (Å²) in [6.45, 7) is 10.2. The van der Waals surface area contributed by atoms with E-state index in [1.54, 1.807) is 0 Å². The third-order valence-electron chi connectivity index (χ3n) is 2.96. The molecule has 0 radical (unpaired) electrons. The maximum Gasteiger partial charge on any atom is 0.0826 e. The molecule has 88 valence electrons. The summed E-state index contributed by atoms with van der Waals surface area (Å²) in [5.41, 5.74) is 0. The van der Waals surface area contributed by atoms with Crippen molar-refractivity contribution >= 4 is 0 Å². The van der Waals surface area contributed by atoms with E-state index in [4.69, 9.17) is 9.47 Å². The molecular weight excluding hydrogens is 192 g/mol. The molecule has 2 rings (SSSR count). The number of morpholine rings is 2. The van der Waals surface area contributed by atoms with Gasteiger partial charge in [0.25, 0.3) is 0 Å². The maximum absolute atomic E-state index is 5.71. The molecule has 4 nitrogen and oxygen atoms in total. The first kappa shape index (κ1) is 11.3. The van der Waals surface area contributed by atoms with E-state index in [-0.39, 0.29) is 0 Å². The minimum Gasteiger partial charge on any atom is -0.374 e. The molecule has 3 atom stereocenters. The lowest BCUT2D eigenvalue weighted by Crippen LogP contribution is -2.51. The van der Waals surface area contributed by atoms with E-state index < -0.39 is 0 Å². The zero-order chi connectivity index (χ0) is 10.7. The van der Waals surface area contributed by atoms with Crippen molar-refractivity contribution in [1.29, 1.82) is 0 Å². The van der Waals surface area contributed by atoms with Gasteiger partial charge in [0.2, 0.25) is 0 Å². The summed E-state index contributed by atoms with van der Waals surface area (Å²) >= 11 is 0. The SMILES string of the molecule is CC1CN(CC2CNCCO2)CC(C)O1. The highest BCUT2D eigenvalue weighted by atomic mass is 16.5. The smallest absolute Gasteiger partial charge is 0.0826 e. The second-order valence-electron chi connectivity index (χ2n) is 4.67. The lowest BCUT2D eigenvalue weighted by atomic mass is 10.2. The average Bonchev–Trinajstić information content (AvgIpc) is 2.17. The highest BCUT2D eigenvalue weighted by Crippen LogP contribution is 2.11. The fourth-order valence-electron chi connectivity index (χ4n) is 2.46. The van der Waals surface area contributed by atoms with Gasteiger partial charge in [0.1, 0.15) is 0 Å². The largest absolute Gasteiger partial charge is 0.374 e. The summed E-state index contributed by atoms with van der Waals surface area (Å²) in [6, 6.07) is 0. The Morgan fingerprint density at radius 2 is 2.00 bits per heavy atom. The Hall–Kier alpha value is -0.160. The number of rotatable bonds is 2. The Labute approximate surface area is 91.9 Å².